The number of nitrogens with one attached hydrogen (secondary N) is 1. The molecular weight excluding hydrogens is 304 g/mol. The van der Waals surface area contributed by atoms with Crippen molar-refractivity contribution in [1.82, 2.24) is 9.97 Å². The van der Waals surface area contributed by atoms with Crippen LogP contribution in [0.1, 0.15) is 23.0 Å². The standard InChI is InChI=1S/C15H16N2O4S/c1-2-11-9-13(18)17-15(16-11)22-8-7-21-12-5-3-10(4-6-12)14(19)20/h3-6,9H,2,7-8H2,1H3,(H,19,20)(H,16,17,18). The van der Waals surface area contributed by atoms with Crippen LogP contribution >= 0.6 is 11.8 Å². The van der Waals surface area contributed by atoms with Gasteiger partial charge in [0.15, 0.2) is 5.16 Å². The molecule has 0 fully saturated rings. The number of aromatic carboxylic acids is 1. The van der Waals surface area contributed by atoms with Gasteiger partial charge in [0.05, 0.1) is 12.2 Å². The SMILES string of the molecule is CCc1cc(=O)[nH]c(SCCOc2ccc(C(=O)O)cc2)n1. The summed E-state index contributed by atoms with van der Waals surface area (Å²) in [6, 6.07) is 7.71. The van der Waals surface area contributed by atoms with Gasteiger partial charge in [0.25, 0.3) is 5.56 Å². The Labute approximate surface area is 131 Å². The summed E-state index contributed by atoms with van der Waals surface area (Å²) in [6.07, 6.45) is 0.712. The molecule has 6 nitrogen and oxygen atoms in total. The van der Waals surface area contributed by atoms with Gasteiger partial charge in [0.2, 0.25) is 0 Å². The summed E-state index contributed by atoms with van der Waals surface area (Å²) in [6.45, 7) is 2.37. The summed E-state index contributed by atoms with van der Waals surface area (Å²) in [7, 11) is 0. The van der Waals surface area contributed by atoms with E-state index in [0.29, 0.717) is 29.7 Å². The third kappa shape index (κ3) is 4.63. The number of carboxylic acid groups (broad SMARTS) is 1. The van der Waals surface area contributed by atoms with Gasteiger partial charge in [-0.2, -0.15) is 0 Å². The molecule has 0 atom stereocenters. The fourth-order valence-corrected chi connectivity index (χ4v) is 2.44. The number of benzene rings is 1. The van der Waals surface area contributed by atoms with Crippen molar-refractivity contribution in [3.05, 3.63) is 51.9 Å². The van der Waals surface area contributed by atoms with Gasteiger partial charge in [0.1, 0.15) is 5.75 Å². The normalized spacial score (nSPS) is 10.4. The second-order valence-corrected chi connectivity index (χ2v) is 5.51. The van der Waals surface area contributed by atoms with Gasteiger partial charge in [-0.15, -0.1) is 0 Å². The van der Waals surface area contributed by atoms with Gasteiger partial charge < -0.3 is 14.8 Å². The van der Waals surface area contributed by atoms with E-state index in [1.54, 1.807) is 12.1 Å². The topological polar surface area (TPSA) is 92.3 Å². The molecule has 0 aliphatic carbocycles. The quantitative estimate of drug-likeness (QED) is 0.461. The van der Waals surface area contributed by atoms with Gasteiger partial charge in [0, 0.05) is 17.5 Å². The van der Waals surface area contributed by atoms with Crippen molar-refractivity contribution in [2.45, 2.75) is 18.5 Å². The molecule has 0 spiro atoms. The van der Waals surface area contributed by atoms with Gasteiger partial charge >= 0.3 is 5.97 Å². The zero-order valence-corrected chi connectivity index (χ0v) is 12.9. The number of carboxylic acids is 1. The molecule has 1 heterocycles. The second-order valence-electron chi connectivity index (χ2n) is 4.42. The summed E-state index contributed by atoms with van der Waals surface area (Å²) in [4.78, 5) is 29.1. The van der Waals surface area contributed by atoms with E-state index in [2.05, 4.69) is 9.97 Å². The number of aromatic amines is 1. The number of thioether (sulfide) groups is 1. The molecule has 0 bridgehead atoms. The predicted molar refractivity (Wildman–Crippen MR) is 83.9 cm³/mol. The minimum atomic E-state index is -0.965. The first-order chi connectivity index (χ1) is 10.6. The summed E-state index contributed by atoms with van der Waals surface area (Å²) in [5, 5.41) is 9.38. The largest absolute Gasteiger partial charge is 0.493 e. The molecule has 1 aromatic heterocycles. The monoisotopic (exact) mass is 320 g/mol. The number of aromatic nitrogens is 2. The smallest absolute Gasteiger partial charge is 0.335 e. The summed E-state index contributed by atoms with van der Waals surface area (Å²) in [5.41, 5.74) is 0.829. The number of carbonyl (C=O) groups is 1. The molecule has 0 saturated heterocycles. The van der Waals surface area contributed by atoms with E-state index in [0.717, 1.165) is 5.69 Å². The molecule has 0 aliphatic rings. The average Bonchev–Trinajstić information content (AvgIpc) is 2.51. The third-order valence-electron chi connectivity index (χ3n) is 2.83. The summed E-state index contributed by atoms with van der Waals surface area (Å²) in [5.74, 6) is 0.263. The molecule has 2 N–H and O–H groups in total. The minimum Gasteiger partial charge on any atom is -0.493 e. The highest BCUT2D eigenvalue weighted by atomic mass is 32.2. The summed E-state index contributed by atoms with van der Waals surface area (Å²) < 4.78 is 5.52. The molecule has 1 aromatic carbocycles. The van der Waals surface area contributed by atoms with E-state index >= 15 is 0 Å². The van der Waals surface area contributed by atoms with Crippen LogP contribution in [0.15, 0.2) is 40.3 Å². The molecule has 22 heavy (non-hydrogen) atoms. The first-order valence-corrected chi connectivity index (χ1v) is 7.76. The van der Waals surface area contributed by atoms with E-state index in [9.17, 15) is 9.59 Å². The zero-order valence-electron chi connectivity index (χ0n) is 12.0. The highest BCUT2D eigenvalue weighted by Gasteiger charge is 2.03. The Morgan fingerprint density at radius 1 is 1.36 bits per heavy atom. The molecule has 0 saturated carbocycles. The molecule has 0 radical (unpaired) electrons. The molecule has 116 valence electrons. The Hall–Kier alpha value is -2.28. The van der Waals surface area contributed by atoms with Crippen molar-refractivity contribution in [1.29, 1.82) is 0 Å². The number of hydrogen-bond donors (Lipinski definition) is 2. The lowest BCUT2D eigenvalue weighted by Gasteiger charge is -2.06. The molecule has 0 amide bonds. The van der Waals surface area contributed by atoms with Gasteiger partial charge in [-0.3, -0.25) is 4.79 Å². The highest BCUT2D eigenvalue weighted by Crippen LogP contribution is 2.15. The first-order valence-electron chi connectivity index (χ1n) is 6.77. The Bertz CT molecular complexity index is 697. The highest BCUT2D eigenvalue weighted by molar-refractivity contribution is 7.99. The summed E-state index contributed by atoms with van der Waals surface area (Å²) >= 11 is 1.41. The van der Waals surface area contributed by atoms with E-state index in [4.69, 9.17) is 9.84 Å². The fourth-order valence-electron chi connectivity index (χ4n) is 1.72. The average molecular weight is 320 g/mol. The van der Waals surface area contributed by atoms with Gasteiger partial charge in [-0.05, 0) is 30.7 Å². The maximum absolute atomic E-state index is 11.4. The molecule has 7 heteroatoms. The number of aryl methyl sites for hydroxylation is 1. The zero-order chi connectivity index (χ0) is 15.9. The molecular formula is C15H16N2O4S. The number of H-pyrrole nitrogens is 1. The molecule has 0 unspecified atom stereocenters. The van der Waals surface area contributed by atoms with E-state index in [-0.39, 0.29) is 11.1 Å². The van der Waals surface area contributed by atoms with Crippen LogP contribution in [0.25, 0.3) is 0 Å². The maximum Gasteiger partial charge on any atom is 0.335 e. The molecule has 0 aliphatic heterocycles. The Kier molecular flexibility index (Phi) is 5.60. The fraction of sp³-hybridized carbons (Fsp3) is 0.267. The first kappa shape index (κ1) is 16.1. The van der Waals surface area contributed by atoms with Crippen LogP contribution in [0.2, 0.25) is 0 Å². The molecule has 2 rings (SSSR count). The van der Waals surface area contributed by atoms with Crippen LogP contribution in [-0.4, -0.2) is 33.4 Å². The van der Waals surface area contributed by atoms with Gasteiger partial charge in [-0.1, -0.05) is 18.7 Å². The maximum atomic E-state index is 11.4. The minimum absolute atomic E-state index is 0.153. The van der Waals surface area contributed by atoms with Crippen molar-refractivity contribution in [3.8, 4) is 5.75 Å². The lowest BCUT2D eigenvalue weighted by Crippen LogP contribution is -2.10. The van der Waals surface area contributed by atoms with Crippen LogP contribution in [0.5, 0.6) is 5.75 Å². The number of rotatable bonds is 7. The van der Waals surface area contributed by atoms with Crippen molar-refractivity contribution in [3.63, 3.8) is 0 Å². The number of hydrogen-bond acceptors (Lipinski definition) is 5. The Morgan fingerprint density at radius 3 is 2.73 bits per heavy atom. The number of ether oxygens (including phenoxy) is 1. The third-order valence-corrected chi connectivity index (χ3v) is 3.66. The predicted octanol–water partition coefficient (Wildman–Crippen LogP) is 2.20. The van der Waals surface area contributed by atoms with E-state index < -0.39 is 5.97 Å². The van der Waals surface area contributed by atoms with Crippen LogP contribution in [0.4, 0.5) is 0 Å². The van der Waals surface area contributed by atoms with E-state index in [1.807, 2.05) is 6.92 Å². The lowest BCUT2D eigenvalue weighted by atomic mass is 10.2. The number of nitrogens with zero attached hydrogens (tertiary/aromatic N) is 1. The van der Waals surface area contributed by atoms with Crippen LogP contribution < -0.4 is 10.3 Å². The van der Waals surface area contributed by atoms with E-state index in [1.165, 1.54) is 30.0 Å². The van der Waals surface area contributed by atoms with Crippen LogP contribution in [0.3, 0.4) is 0 Å². The van der Waals surface area contributed by atoms with Crippen molar-refractivity contribution in [2.75, 3.05) is 12.4 Å². The van der Waals surface area contributed by atoms with Crippen molar-refractivity contribution in [2.24, 2.45) is 0 Å². The Morgan fingerprint density at radius 2 is 2.09 bits per heavy atom. The molecule has 2 aromatic rings. The Balaban J connectivity index is 1.83. The van der Waals surface area contributed by atoms with Crippen LogP contribution in [0, 0.1) is 0 Å². The van der Waals surface area contributed by atoms with Crippen LogP contribution in [-0.2, 0) is 6.42 Å². The second kappa shape index (κ2) is 7.65. The lowest BCUT2D eigenvalue weighted by molar-refractivity contribution is 0.0697. The van der Waals surface area contributed by atoms with Gasteiger partial charge in [-0.25, -0.2) is 9.78 Å². The van der Waals surface area contributed by atoms with Crippen molar-refractivity contribution >= 4 is 17.7 Å². The van der Waals surface area contributed by atoms with Crippen molar-refractivity contribution < 1.29 is 14.6 Å².